The van der Waals surface area contributed by atoms with Gasteiger partial charge in [-0.3, -0.25) is 4.90 Å². The van der Waals surface area contributed by atoms with Gasteiger partial charge in [0, 0.05) is 57.6 Å². The lowest BCUT2D eigenvalue weighted by Crippen LogP contribution is -2.51. The van der Waals surface area contributed by atoms with E-state index in [1.165, 1.54) is 0 Å². The van der Waals surface area contributed by atoms with E-state index in [-0.39, 0.29) is 18.0 Å². The Morgan fingerprint density at radius 3 is 2.58 bits per heavy atom. The maximum atomic E-state index is 11.9. The van der Waals surface area contributed by atoms with Gasteiger partial charge in [-0.1, -0.05) is 19.0 Å². The van der Waals surface area contributed by atoms with Gasteiger partial charge in [-0.05, 0) is 14.0 Å². The number of nitrogens with one attached hydrogen (secondary N) is 2. The lowest BCUT2D eigenvalue weighted by molar-refractivity contribution is 0.144. The number of aromatic nitrogens is 2. The molecule has 0 radical (unpaired) electrons. The Morgan fingerprint density at radius 1 is 1.25 bits per heavy atom. The molecule has 8 nitrogen and oxygen atoms in total. The van der Waals surface area contributed by atoms with E-state index < -0.39 is 0 Å². The average molecular weight is 338 g/mol. The highest BCUT2D eigenvalue weighted by atomic mass is 16.5. The number of urea groups is 1. The number of carbonyl (C=O) groups is 1. The Hall–Kier alpha value is -1.67. The molecule has 2 amide bonds. The summed E-state index contributed by atoms with van der Waals surface area (Å²) in [6, 6.07) is -0.0374. The predicted octanol–water partition coefficient (Wildman–Crippen LogP) is 0.671. The van der Waals surface area contributed by atoms with Crippen LogP contribution in [0.2, 0.25) is 0 Å². The van der Waals surface area contributed by atoms with Gasteiger partial charge in [0.1, 0.15) is 0 Å². The minimum Gasteiger partial charge on any atom is -0.339 e. The molecule has 1 unspecified atom stereocenters. The van der Waals surface area contributed by atoms with Crippen LogP contribution in [0.3, 0.4) is 0 Å². The van der Waals surface area contributed by atoms with E-state index >= 15 is 0 Å². The van der Waals surface area contributed by atoms with E-state index in [0.29, 0.717) is 24.7 Å². The van der Waals surface area contributed by atoms with Crippen LogP contribution in [-0.2, 0) is 6.42 Å². The third-order valence-corrected chi connectivity index (χ3v) is 4.13. The molecular formula is C16H30N6O2. The summed E-state index contributed by atoms with van der Waals surface area (Å²) < 4.78 is 5.15. The van der Waals surface area contributed by atoms with Gasteiger partial charge in [0.25, 0.3) is 0 Å². The van der Waals surface area contributed by atoms with Crippen LogP contribution in [0.5, 0.6) is 0 Å². The number of hydrogen-bond acceptors (Lipinski definition) is 6. The molecule has 1 saturated heterocycles. The smallest absolute Gasteiger partial charge is 0.315 e. The molecular weight excluding hydrogens is 308 g/mol. The first-order valence-electron chi connectivity index (χ1n) is 8.71. The SMILES string of the molecule is CC(CN1CCN(C)CC1)NC(=O)NCCc1nc(C(C)C)no1. The van der Waals surface area contributed by atoms with Gasteiger partial charge in [-0.15, -0.1) is 0 Å². The number of rotatable bonds is 7. The highest BCUT2D eigenvalue weighted by Crippen LogP contribution is 2.09. The van der Waals surface area contributed by atoms with Crippen molar-refractivity contribution in [3.63, 3.8) is 0 Å². The van der Waals surface area contributed by atoms with E-state index in [0.717, 1.165) is 32.7 Å². The van der Waals surface area contributed by atoms with Crippen molar-refractivity contribution in [2.75, 3.05) is 46.3 Å². The molecule has 2 N–H and O–H groups in total. The highest BCUT2D eigenvalue weighted by molar-refractivity contribution is 5.74. The first kappa shape index (κ1) is 18.7. The number of likely N-dealkylation sites (N-methyl/N-ethyl adjacent to an activating group) is 1. The van der Waals surface area contributed by atoms with Gasteiger partial charge >= 0.3 is 6.03 Å². The lowest BCUT2D eigenvalue weighted by atomic mass is 10.2. The fraction of sp³-hybridized carbons (Fsp3) is 0.812. The highest BCUT2D eigenvalue weighted by Gasteiger charge is 2.17. The largest absolute Gasteiger partial charge is 0.339 e. The molecule has 2 heterocycles. The summed E-state index contributed by atoms with van der Waals surface area (Å²) in [5.74, 6) is 1.51. The molecule has 0 bridgehead atoms. The van der Waals surface area contributed by atoms with E-state index in [4.69, 9.17) is 4.52 Å². The van der Waals surface area contributed by atoms with Gasteiger partial charge in [-0.2, -0.15) is 4.98 Å². The van der Waals surface area contributed by atoms with Crippen LogP contribution in [0.15, 0.2) is 4.52 Å². The third-order valence-electron chi connectivity index (χ3n) is 4.13. The lowest BCUT2D eigenvalue weighted by Gasteiger charge is -2.34. The Morgan fingerprint density at radius 2 is 1.96 bits per heavy atom. The molecule has 0 aliphatic carbocycles. The molecule has 1 aliphatic rings. The normalized spacial score (nSPS) is 17.9. The van der Waals surface area contributed by atoms with E-state index in [9.17, 15) is 4.79 Å². The maximum Gasteiger partial charge on any atom is 0.315 e. The van der Waals surface area contributed by atoms with Gasteiger partial charge in [-0.25, -0.2) is 4.79 Å². The van der Waals surface area contributed by atoms with Crippen LogP contribution >= 0.6 is 0 Å². The van der Waals surface area contributed by atoms with Crippen molar-refractivity contribution in [1.29, 1.82) is 0 Å². The quantitative estimate of drug-likeness (QED) is 0.760. The van der Waals surface area contributed by atoms with E-state index in [1.807, 2.05) is 20.8 Å². The summed E-state index contributed by atoms with van der Waals surface area (Å²) in [7, 11) is 2.14. The zero-order valence-corrected chi connectivity index (χ0v) is 15.2. The Balaban J connectivity index is 1.61. The first-order valence-corrected chi connectivity index (χ1v) is 8.71. The Kier molecular flexibility index (Phi) is 6.99. The van der Waals surface area contributed by atoms with Crippen LogP contribution in [0.4, 0.5) is 4.79 Å². The molecule has 0 saturated carbocycles. The zero-order chi connectivity index (χ0) is 17.5. The van der Waals surface area contributed by atoms with Crippen molar-refractivity contribution in [2.24, 2.45) is 0 Å². The topological polar surface area (TPSA) is 86.5 Å². The van der Waals surface area contributed by atoms with Gasteiger partial charge in [0.15, 0.2) is 5.82 Å². The second-order valence-corrected chi connectivity index (χ2v) is 6.86. The summed E-state index contributed by atoms with van der Waals surface area (Å²) in [5.41, 5.74) is 0. The van der Waals surface area contributed by atoms with Crippen molar-refractivity contribution in [3.05, 3.63) is 11.7 Å². The van der Waals surface area contributed by atoms with Crippen LogP contribution in [0, 0.1) is 0 Å². The molecule has 0 spiro atoms. The van der Waals surface area contributed by atoms with Crippen LogP contribution in [0.1, 0.15) is 38.4 Å². The molecule has 0 aromatic carbocycles. The minimum absolute atomic E-state index is 0.115. The van der Waals surface area contributed by atoms with Gasteiger partial charge < -0.3 is 20.1 Å². The molecule has 2 rings (SSSR count). The predicted molar refractivity (Wildman–Crippen MR) is 92.0 cm³/mol. The number of piperazine rings is 1. The average Bonchev–Trinajstić information content (AvgIpc) is 2.98. The van der Waals surface area contributed by atoms with Crippen molar-refractivity contribution in [1.82, 2.24) is 30.6 Å². The molecule has 136 valence electrons. The van der Waals surface area contributed by atoms with Crippen LogP contribution < -0.4 is 10.6 Å². The molecule has 1 atom stereocenters. The summed E-state index contributed by atoms with van der Waals surface area (Å²) in [4.78, 5) is 20.9. The van der Waals surface area contributed by atoms with Gasteiger partial charge in [0.05, 0.1) is 0 Å². The number of carbonyl (C=O) groups excluding carboxylic acids is 1. The fourth-order valence-corrected chi connectivity index (χ4v) is 2.63. The van der Waals surface area contributed by atoms with Crippen molar-refractivity contribution >= 4 is 6.03 Å². The van der Waals surface area contributed by atoms with Gasteiger partial charge in [0.2, 0.25) is 5.89 Å². The molecule has 1 aromatic heterocycles. The zero-order valence-electron chi connectivity index (χ0n) is 15.2. The second kappa shape index (κ2) is 8.98. The number of hydrogen-bond donors (Lipinski definition) is 2. The molecule has 1 aromatic rings. The summed E-state index contributed by atoms with van der Waals surface area (Å²) in [5, 5.41) is 9.73. The Labute approximate surface area is 144 Å². The second-order valence-electron chi connectivity index (χ2n) is 6.86. The Bertz CT molecular complexity index is 510. The summed E-state index contributed by atoms with van der Waals surface area (Å²) in [6.07, 6.45) is 0.542. The first-order chi connectivity index (χ1) is 11.4. The van der Waals surface area contributed by atoms with Crippen molar-refractivity contribution < 1.29 is 9.32 Å². The van der Waals surface area contributed by atoms with E-state index in [2.05, 4.69) is 37.6 Å². The van der Waals surface area contributed by atoms with E-state index in [1.54, 1.807) is 0 Å². The van der Waals surface area contributed by atoms with Crippen molar-refractivity contribution in [2.45, 2.75) is 39.2 Å². The molecule has 24 heavy (non-hydrogen) atoms. The molecule has 1 aliphatic heterocycles. The van der Waals surface area contributed by atoms with Crippen molar-refractivity contribution in [3.8, 4) is 0 Å². The summed E-state index contributed by atoms with van der Waals surface area (Å²) >= 11 is 0. The van der Waals surface area contributed by atoms with Crippen LogP contribution in [0.25, 0.3) is 0 Å². The molecule has 1 fully saturated rings. The number of nitrogens with zero attached hydrogens (tertiary/aromatic N) is 4. The summed E-state index contributed by atoms with van der Waals surface area (Å²) in [6.45, 7) is 11.7. The standard InChI is InChI=1S/C16H30N6O2/c1-12(2)15-19-14(24-20-15)5-6-17-16(23)18-13(3)11-22-9-7-21(4)8-10-22/h12-13H,5-11H2,1-4H3,(H2,17,18,23). The maximum absolute atomic E-state index is 11.9. The third kappa shape index (κ3) is 6.09. The minimum atomic E-state index is -0.153. The van der Waals surface area contributed by atoms with Crippen LogP contribution in [-0.4, -0.2) is 78.3 Å². The number of amides is 2. The molecule has 8 heteroatoms. The fourth-order valence-electron chi connectivity index (χ4n) is 2.63. The monoisotopic (exact) mass is 338 g/mol.